The topological polar surface area (TPSA) is 12.9 Å². The van der Waals surface area contributed by atoms with Gasteiger partial charge in [0.25, 0.3) is 0 Å². The zero-order valence-electron chi connectivity index (χ0n) is 8.25. The van der Waals surface area contributed by atoms with Gasteiger partial charge in [-0.2, -0.15) is 0 Å². The average molecular weight is 173 g/mol. The standard InChI is InChI=1S/C12H15N/c1-4-7-11-8-10(5-2)9-13-12(11)6-3/h4,6-9H,3,5H2,1-2H3/b7-4-. The Morgan fingerprint density at radius 1 is 1.54 bits per heavy atom. The Labute approximate surface area is 79.8 Å². The van der Waals surface area contributed by atoms with Crippen molar-refractivity contribution in [3.05, 3.63) is 41.7 Å². The fraction of sp³-hybridized carbons (Fsp3) is 0.250. The van der Waals surface area contributed by atoms with Crippen molar-refractivity contribution in [2.45, 2.75) is 20.3 Å². The summed E-state index contributed by atoms with van der Waals surface area (Å²) in [6.07, 6.45) is 8.79. The minimum absolute atomic E-state index is 0.954. The molecule has 0 bridgehead atoms. The summed E-state index contributed by atoms with van der Waals surface area (Å²) in [4.78, 5) is 4.32. The molecule has 0 aromatic carbocycles. The van der Waals surface area contributed by atoms with E-state index in [0.717, 1.165) is 17.7 Å². The van der Waals surface area contributed by atoms with Crippen molar-refractivity contribution >= 4 is 12.2 Å². The van der Waals surface area contributed by atoms with Crippen LogP contribution in [0.3, 0.4) is 0 Å². The second kappa shape index (κ2) is 4.61. The maximum absolute atomic E-state index is 4.32. The molecule has 0 N–H and O–H groups in total. The molecule has 1 heterocycles. The number of aromatic nitrogens is 1. The van der Waals surface area contributed by atoms with Crippen molar-refractivity contribution in [3.63, 3.8) is 0 Å². The van der Waals surface area contributed by atoms with Gasteiger partial charge in [0.05, 0.1) is 5.69 Å². The Bertz CT molecular complexity index is 324. The van der Waals surface area contributed by atoms with Crippen LogP contribution in [0.1, 0.15) is 30.7 Å². The quantitative estimate of drug-likeness (QED) is 0.683. The van der Waals surface area contributed by atoms with Crippen LogP contribution in [-0.4, -0.2) is 4.98 Å². The molecule has 1 heteroatoms. The summed E-state index contributed by atoms with van der Waals surface area (Å²) in [6, 6.07) is 2.16. The van der Waals surface area contributed by atoms with Crippen LogP contribution in [0.25, 0.3) is 12.2 Å². The predicted molar refractivity (Wildman–Crippen MR) is 58.4 cm³/mol. The van der Waals surface area contributed by atoms with Crippen LogP contribution in [0.15, 0.2) is 24.9 Å². The molecule has 0 fully saturated rings. The summed E-state index contributed by atoms with van der Waals surface area (Å²) < 4.78 is 0. The first kappa shape index (κ1) is 9.72. The van der Waals surface area contributed by atoms with Gasteiger partial charge in [0.1, 0.15) is 0 Å². The number of allylic oxidation sites excluding steroid dienone is 1. The molecule has 0 aliphatic rings. The number of hydrogen-bond donors (Lipinski definition) is 0. The van der Waals surface area contributed by atoms with Crippen molar-refractivity contribution in [2.75, 3.05) is 0 Å². The third-order valence-corrected chi connectivity index (χ3v) is 1.95. The highest BCUT2D eigenvalue weighted by Gasteiger charge is 1.97. The summed E-state index contributed by atoms with van der Waals surface area (Å²) in [5, 5.41) is 0. The van der Waals surface area contributed by atoms with E-state index in [1.807, 2.05) is 19.2 Å². The van der Waals surface area contributed by atoms with Crippen LogP contribution in [0.5, 0.6) is 0 Å². The molecule has 0 aliphatic heterocycles. The van der Waals surface area contributed by atoms with Crippen LogP contribution >= 0.6 is 0 Å². The third-order valence-electron chi connectivity index (χ3n) is 1.95. The van der Waals surface area contributed by atoms with E-state index in [4.69, 9.17) is 0 Å². The van der Waals surface area contributed by atoms with Gasteiger partial charge in [0.2, 0.25) is 0 Å². The number of hydrogen-bond acceptors (Lipinski definition) is 1. The normalized spacial score (nSPS) is 10.6. The summed E-state index contributed by atoms with van der Waals surface area (Å²) in [5.74, 6) is 0. The van der Waals surface area contributed by atoms with Crippen molar-refractivity contribution in [2.24, 2.45) is 0 Å². The van der Waals surface area contributed by atoms with Crippen molar-refractivity contribution in [3.8, 4) is 0 Å². The zero-order chi connectivity index (χ0) is 9.68. The lowest BCUT2D eigenvalue weighted by Gasteiger charge is -2.02. The molecule has 1 aromatic rings. The molecule has 0 amide bonds. The summed E-state index contributed by atoms with van der Waals surface area (Å²) in [7, 11) is 0. The molecule has 1 rings (SSSR count). The molecule has 0 unspecified atom stereocenters. The molecule has 13 heavy (non-hydrogen) atoms. The minimum Gasteiger partial charge on any atom is -0.256 e. The van der Waals surface area contributed by atoms with Gasteiger partial charge in [-0.1, -0.05) is 25.7 Å². The van der Waals surface area contributed by atoms with Gasteiger partial charge in [-0.3, -0.25) is 4.98 Å². The molecule has 0 radical (unpaired) electrons. The van der Waals surface area contributed by atoms with E-state index < -0.39 is 0 Å². The second-order valence-corrected chi connectivity index (χ2v) is 2.88. The fourth-order valence-electron chi connectivity index (χ4n) is 1.21. The van der Waals surface area contributed by atoms with E-state index in [1.54, 1.807) is 6.08 Å². The molecule has 68 valence electrons. The molecule has 0 spiro atoms. The Morgan fingerprint density at radius 2 is 2.31 bits per heavy atom. The smallest absolute Gasteiger partial charge is 0.0696 e. The Balaban J connectivity index is 3.17. The molecule has 1 aromatic heterocycles. The summed E-state index contributed by atoms with van der Waals surface area (Å²) in [6.45, 7) is 7.87. The number of rotatable bonds is 3. The number of aryl methyl sites for hydroxylation is 1. The highest BCUT2D eigenvalue weighted by atomic mass is 14.7. The van der Waals surface area contributed by atoms with Crippen LogP contribution in [-0.2, 0) is 6.42 Å². The van der Waals surface area contributed by atoms with Gasteiger partial charge in [0.15, 0.2) is 0 Å². The first-order valence-electron chi connectivity index (χ1n) is 4.55. The lowest BCUT2D eigenvalue weighted by Crippen LogP contribution is -1.90. The van der Waals surface area contributed by atoms with Gasteiger partial charge in [0, 0.05) is 11.8 Å². The second-order valence-electron chi connectivity index (χ2n) is 2.88. The molecule has 1 nitrogen and oxygen atoms in total. The number of pyridine rings is 1. The highest BCUT2D eigenvalue weighted by molar-refractivity contribution is 5.61. The molecule has 0 saturated heterocycles. The van der Waals surface area contributed by atoms with Gasteiger partial charge < -0.3 is 0 Å². The molecular weight excluding hydrogens is 158 g/mol. The van der Waals surface area contributed by atoms with Crippen LogP contribution in [0.2, 0.25) is 0 Å². The van der Waals surface area contributed by atoms with Crippen LogP contribution in [0.4, 0.5) is 0 Å². The lowest BCUT2D eigenvalue weighted by molar-refractivity contribution is 1.09. The van der Waals surface area contributed by atoms with Gasteiger partial charge >= 0.3 is 0 Å². The first-order valence-corrected chi connectivity index (χ1v) is 4.55. The monoisotopic (exact) mass is 173 g/mol. The molecular formula is C12H15N. The average Bonchev–Trinajstić information content (AvgIpc) is 2.18. The van der Waals surface area contributed by atoms with E-state index >= 15 is 0 Å². The van der Waals surface area contributed by atoms with Gasteiger partial charge in [-0.25, -0.2) is 0 Å². The SMILES string of the molecule is C=Cc1ncc(CC)cc1/C=C\C. The maximum atomic E-state index is 4.32. The molecule has 0 aliphatic carbocycles. The largest absolute Gasteiger partial charge is 0.256 e. The van der Waals surface area contributed by atoms with E-state index in [2.05, 4.69) is 30.6 Å². The maximum Gasteiger partial charge on any atom is 0.0696 e. The lowest BCUT2D eigenvalue weighted by atomic mass is 10.1. The minimum atomic E-state index is 0.954. The number of nitrogens with zero attached hydrogens (tertiary/aromatic N) is 1. The van der Waals surface area contributed by atoms with E-state index in [0.29, 0.717) is 0 Å². The van der Waals surface area contributed by atoms with E-state index in [-0.39, 0.29) is 0 Å². The summed E-state index contributed by atoms with van der Waals surface area (Å²) in [5.41, 5.74) is 3.37. The summed E-state index contributed by atoms with van der Waals surface area (Å²) >= 11 is 0. The van der Waals surface area contributed by atoms with Crippen LogP contribution in [0, 0.1) is 0 Å². The molecule has 0 saturated carbocycles. The predicted octanol–water partition coefficient (Wildman–Crippen LogP) is 3.32. The Morgan fingerprint density at radius 3 is 2.85 bits per heavy atom. The Kier molecular flexibility index (Phi) is 3.44. The van der Waals surface area contributed by atoms with Gasteiger partial charge in [-0.15, -0.1) is 0 Å². The van der Waals surface area contributed by atoms with Crippen molar-refractivity contribution < 1.29 is 0 Å². The van der Waals surface area contributed by atoms with E-state index in [9.17, 15) is 0 Å². The third kappa shape index (κ3) is 2.28. The van der Waals surface area contributed by atoms with Gasteiger partial charge in [-0.05, 0) is 31.1 Å². The van der Waals surface area contributed by atoms with E-state index in [1.165, 1.54) is 5.56 Å². The van der Waals surface area contributed by atoms with Crippen molar-refractivity contribution in [1.29, 1.82) is 0 Å². The fourth-order valence-corrected chi connectivity index (χ4v) is 1.21. The van der Waals surface area contributed by atoms with Crippen LogP contribution < -0.4 is 0 Å². The first-order chi connectivity index (χ1) is 6.31. The molecule has 0 atom stereocenters. The highest BCUT2D eigenvalue weighted by Crippen LogP contribution is 2.12. The zero-order valence-corrected chi connectivity index (χ0v) is 8.25. The Hall–Kier alpha value is -1.37. The van der Waals surface area contributed by atoms with Crippen molar-refractivity contribution in [1.82, 2.24) is 4.98 Å².